The number of benzene rings is 2. The monoisotopic (exact) mass is 531 g/mol. The molecule has 3 N–H and O–H groups in total. The van der Waals surface area contributed by atoms with Crippen molar-refractivity contribution in [1.29, 1.82) is 0 Å². The molecular weight excluding hydrogens is 516 g/mol. The van der Waals surface area contributed by atoms with Gasteiger partial charge in [0.1, 0.15) is 22.9 Å². The minimum absolute atomic E-state index is 0.0214. The molecule has 0 fully saturated rings. The van der Waals surface area contributed by atoms with Crippen molar-refractivity contribution in [2.75, 3.05) is 12.4 Å². The molecule has 3 rings (SSSR count). The number of nitrogens with two attached hydrogens (primary N) is 1. The third-order valence-corrected chi connectivity index (χ3v) is 4.29. The van der Waals surface area contributed by atoms with Gasteiger partial charge in [-0.25, -0.2) is 0 Å². The Kier molecular flexibility index (Phi) is 7.64. The fourth-order valence-electron chi connectivity index (χ4n) is 2.86. The zero-order chi connectivity index (χ0) is 27.4. The van der Waals surface area contributed by atoms with Gasteiger partial charge >= 0.3 is 12.7 Å². The summed E-state index contributed by atoms with van der Waals surface area (Å²) in [5.74, 6) is -4.06. The lowest BCUT2D eigenvalue weighted by molar-refractivity contribution is -0.275. The van der Waals surface area contributed by atoms with Crippen molar-refractivity contribution in [1.82, 2.24) is 4.98 Å². The maximum Gasteiger partial charge on any atom is 0.573 e. The molecule has 196 valence electrons. The minimum atomic E-state index is -5.07. The Balaban J connectivity index is 1.98. The molecule has 37 heavy (non-hydrogen) atoms. The SMILES string of the molecule is COc1cc(OC(F)(F)F)ccc1Oc1ccc(OC(F)(F)F)cc1C(=O)Nc1ccnc(C(N)=O)c1. The molecule has 9 nitrogen and oxygen atoms in total. The molecule has 0 spiro atoms. The van der Waals surface area contributed by atoms with Crippen LogP contribution in [-0.4, -0.2) is 36.6 Å². The molecule has 2 amide bonds. The number of pyridine rings is 1. The Bertz CT molecular complexity index is 1310. The number of primary amides is 1. The van der Waals surface area contributed by atoms with E-state index < -0.39 is 41.6 Å². The van der Waals surface area contributed by atoms with E-state index in [4.69, 9.17) is 15.2 Å². The summed E-state index contributed by atoms with van der Waals surface area (Å²) >= 11 is 0. The van der Waals surface area contributed by atoms with Crippen LogP contribution in [0.3, 0.4) is 0 Å². The molecule has 0 aliphatic rings. The Hall–Kier alpha value is -4.69. The Labute approximate surface area is 203 Å². The van der Waals surface area contributed by atoms with Crippen molar-refractivity contribution in [3.63, 3.8) is 0 Å². The zero-order valence-corrected chi connectivity index (χ0v) is 18.4. The number of hydrogen-bond donors (Lipinski definition) is 2. The van der Waals surface area contributed by atoms with Gasteiger partial charge in [0, 0.05) is 18.0 Å². The van der Waals surface area contributed by atoms with Crippen LogP contribution in [0.15, 0.2) is 54.7 Å². The van der Waals surface area contributed by atoms with E-state index in [9.17, 15) is 35.9 Å². The fourth-order valence-corrected chi connectivity index (χ4v) is 2.86. The molecule has 0 aliphatic heterocycles. The van der Waals surface area contributed by atoms with E-state index in [-0.39, 0.29) is 28.6 Å². The molecule has 0 saturated carbocycles. The van der Waals surface area contributed by atoms with Crippen molar-refractivity contribution in [2.24, 2.45) is 5.73 Å². The number of amides is 2. The summed E-state index contributed by atoms with van der Waals surface area (Å²) in [6.07, 6.45) is -8.89. The first-order valence-corrected chi connectivity index (χ1v) is 9.83. The van der Waals surface area contributed by atoms with Gasteiger partial charge in [0.05, 0.1) is 12.7 Å². The molecule has 0 bridgehead atoms. The predicted molar refractivity (Wildman–Crippen MR) is 114 cm³/mol. The van der Waals surface area contributed by atoms with Crippen molar-refractivity contribution in [3.8, 4) is 28.7 Å². The number of methoxy groups -OCH3 is 1. The van der Waals surface area contributed by atoms with Crippen LogP contribution < -0.4 is 30.0 Å². The summed E-state index contributed by atoms with van der Waals surface area (Å²) < 4.78 is 93.9. The molecule has 0 atom stereocenters. The van der Waals surface area contributed by atoms with Gasteiger partial charge in [-0.15, -0.1) is 26.3 Å². The highest BCUT2D eigenvalue weighted by molar-refractivity contribution is 6.07. The zero-order valence-electron chi connectivity index (χ0n) is 18.4. The van der Waals surface area contributed by atoms with Gasteiger partial charge in [0.25, 0.3) is 11.8 Å². The van der Waals surface area contributed by atoms with Crippen LogP contribution in [0.2, 0.25) is 0 Å². The van der Waals surface area contributed by atoms with Gasteiger partial charge in [-0.3, -0.25) is 14.6 Å². The van der Waals surface area contributed by atoms with E-state index in [1.807, 2.05) is 0 Å². The third-order valence-electron chi connectivity index (χ3n) is 4.29. The molecule has 1 heterocycles. The number of alkyl halides is 6. The molecule has 3 aromatic rings. The van der Waals surface area contributed by atoms with Gasteiger partial charge in [-0.1, -0.05) is 0 Å². The number of aromatic nitrogens is 1. The standard InChI is InChI=1S/C22H15F6N3O6/c1-34-18-10-13(37-22(26,27)28)3-5-17(18)35-16-4-2-12(36-21(23,24)25)9-14(16)20(33)31-11-6-7-30-15(8-11)19(29)32/h2-10H,1H3,(H2,29,32)(H,30,31,33). The van der Waals surface area contributed by atoms with Gasteiger partial charge in [0.2, 0.25) is 0 Å². The Morgan fingerprint density at radius 3 is 2.00 bits per heavy atom. The summed E-state index contributed by atoms with van der Waals surface area (Å²) in [4.78, 5) is 28.0. The second kappa shape index (κ2) is 10.5. The van der Waals surface area contributed by atoms with E-state index >= 15 is 0 Å². The van der Waals surface area contributed by atoms with Crippen LogP contribution in [0.4, 0.5) is 32.0 Å². The first kappa shape index (κ1) is 26.9. The second-order valence-corrected chi connectivity index (χ2v) is 6.92. The second-order valence-electron chi connectivity index (χ2n) is 6.92. The van der Waals surface area contributed by atoms with Crippen molar-refractivity contribution >= 4 is 17.5 Å². The molecule has 0 radical (unpaired) electrons. The highest BCUT2D eigenvalue weighted by atomic mass is 19.4. The number of rotatable bonds is 8. The van der Waals surface area contributed by atoms with E-state index in [0.717, 1.165) is 55.8 Å². The number of ether oxygens (including phenoxy) is 4. The summed E-state index contributed by atoms with van der Waals surface area (Å²) in [5.41, 5.74) is 4.49. The van der Waals surface area contributed by atoms with Crippen LogP contribution in [0.1, 0.15) is 20.8 Å². The number of nitrogens with zero attached hydrogens (tertiary/aromatic N) is 1. The van der Waals surface area contributed by atoms with E-state index in [0.29, 0.717) is 0 Å². The van der Waals surface area contributed by atoms with Crippen LogP contribution >= 0.6 is 0 Å². The molecular formula is C22H15F6N3O6. The number of hydrogen-bond acceptors (Lipinski definition) is 7. The van der Waals surface area contributed by atoms with Crippen molar-refractivity contribution in [3.05, 3.63) is 66.0 Å². The van der Waals surface area contributed by atoms with Gasteiger partial charge in [0.15, 0.2) is 11.5 Å². The summed E-state index contributed by atoms with van der Waals surface area (Å²) in [7, 11) is 1.12. The van der Waals surface area contributed by atoms with E-state index in [2.05, 4.69) is 19.8 Å². The number of carbonyl (C=O) groups excluding carboxylic acids is 2. The largest absolute Gasteiger partial charge is 0.573 e. The average molecular weight is 531 g/mol. The number of anilines is 1. The maximum absolute atomic E-state index is 12.9. The predicted octanol–water partition coefficient (Wildman–Crippen LogP) is 5.03. The van der Waals surface area contributed by atoms with Crippen LogP contribution in [0.5, 0.6) is 28.7 Å². The van der Waals surface area contributed by atoms with E-state index in [1.165, 1.54) is 6.07 Å². The lowest BCUT2D eigenvalue weighted by Gasteiger charge is -2.17. The van der Waals surface area contributed by atoms with E-state index in [1.54, 1.807) is 0 Å². The molecule has 15 heteroatoms. The van der Waals surface area contributed by atoms with Crippen LogP contribution in [-0.2, 0) is 0 Å². The lowest BCUT2D eigenvalue weighted by Crippen LogP contribution is -2.19. The number of carbonyl (C=O) groups is 2. The molecule has 0 aliphatic carbocycles. The lowest BCUT2D eigenvalue weighted by atomic mass is 10.1. The summed E-state index contributed by atoms with van der Waals surface area (Å²) in [5, 5.41) is 2.35. The first-order chi connectivity index (χ1) is 17.2. The quantitative estimate of drug-likeness (QED) is 0.391. The third kappa shape index (κ3) is 7.65. The first-order valence-electron chi connectivity index (χ1n) is 9.83. The normalized spacial score (nSPS) is 11.4. The topological polar surface area (TPSA) is 122 Å². The highest BCUT2D eigenvalue weighted by Crippen LogP contribution is 2.38. The Morgan fingerprint density at radius 2 is 1.43 bits per heavy atom. The highest BCUT2D eigenvalue weighted by Gasteiger charge is 2.33. The smallest absolute Gasteiger partial charge is 0.493 e. The van der Waals surface area contributed by atoms with Crippen LogP contribution in [0.25, 0.3) is 0 Å². The van der Waals surface area contributed by atoms with Gasteiger partial charge in [-0.2, -0.15) is 0 Å². The molecule has 2 aromatic carbocycles. The minimum Gasteiger partial charge on any atom is -0.493 e. The average Bonchev–Trinajstić information content (AvgIpc) is 2.79. The fraction of sp³-hybridized carbons (Fsp3) is 0.136. The van der Waals surface area contributed by atoms with Gasteiger partial charge in [-0.05, 0) is 42.5 Å². The Morgan fingerprint density at radius 1 is 0.838 bits per heavy atom. The summed E-state index contributed by atoms with van der Waals surface area (Å²) in [6.45, 7) is 0. The maximum atomic E-state index is 12.9. The molecule has 0 saturated heterocycles. The van der Waals surface area contributed by atoms with Crippen molar-refractivity contribution < 1.29 is 54.9 Å². The van der Waals surface area contributed by atoms with Crippen LogP contribution in [0, 0.1) is 0 Å². The summed E-state index contributed by atoms with van der Waals surface area (Å²) in [6, 6.07) is 7.73. The molecule has 0 unspecified atom stereocenters. The number of nitrogens with one attached hydrogen (secondary N) is 1. The van der Waals surface area contributed by atoms with Gasteiger partial charge < -0.3 is 30.0 Å². The number of halogens is 6. The molecule has 1 aromatic heterocycles. The van der Waals surface area contributed by atoms with Crippen molar-refractivity contribution in [2.45, 2.75) is 12.7 Å².